The number of alkyl halides is 3. The minimum atomic E-state index is -5.10. The Morgan fingerprint density at radius 2 is 1.95 bits per heavy atom. The van der Waals surface area contributed by atoms with Crippen molar-refractivity contribution in [2.75, 3.05) is 7.11 Å². The van der Waals surface area contributed by atoms with Crippen molar-refractivity contribution in [3.05, 3.63) is 41.7 Å². The molecule has 0 aliphatic rings. The average molecular weight is 312 g/mol. The highest BCUT2D eigenvalue weighted by molar-refractivity contribution is 6.01. The number of halogens is 3. The SMILES string of the molecule is COC(=O)/C(=C/c1c[nH]c2ccccc12)NC(=O)C(F)(F)F. The minimum absolute atomic E-state index is 0.443. The maximum atomic E-state index is 12.3. The molecule has 8 heteroatoms. The van der Waals surface area contributed by atoms with Crippen molar-refractivity contribution in [2.24, 2.45) is 0 Å². The van der Waals surface area contributed by atoms with Gasteiger partial charge in [0.1, 0.15) is 5.70 Å². The van der Waals surface area contributed by atoms with Crippen LogP contribution >= 0.6 is 0 Å². The second-order valence-electron chi connectivity index (χ2n) is 4.29. The Labute approximate surface area is 122 Å². The van der Waals surface area contributed by atoms with E-state index in [9.17, 15) is 22.8 Å². The molecule has 0 radical (unpaired) electrons. The van der Waals surface area contributed by atoms with E-state index in [2.05, 4.69) is 9.72 Å². The maximum Gasteiger partial charge on any atom is 0.471 e. The fourth-order valence-electron chi connectivity index (χ4n) is 1.82. The lowest BCUT2D eigenvalue weighted by Crippen LogP contribution is -2.38. The van der Waals surface area contributed by atoms with E-state index in [0.29, 0.717) is 10.9 Å². The lowest BCUT2D eigenvalue weighted by Gasteiger charge is -2.09. The van der Waals surface area contributed by atoms with Crippen LogP contribution in [-0.2, 0) is 14.3 Å². The highest BCUT2D eigenvalue weighted by Gasteiger charge is 2.39. The summed E-state index contributed by atoms with van der Waals surface area (Å²) in [6.45, 7) is 0. The third kappa shape index (κ3) is 3.27. The van der Waals surface area contributed by atoms with Gasteiger partial charge in [-0.2, -0.15) is 13.2 Å². The standard InChI is InChI=1S/C14H11F3N2O3/c1-22-12(20)11(19-13(21)14(15,16)17)6-8-7-18-10-5-3-2-4-9(8)10/h2-7,18H,1H3,(H,19,21)/b11-6-. The van der Waals surface area contributed by atoms with Crippen molar-refractivity contribution < 1.29 is 27.5 Å². The van der Waals surface area contributed by atoms with Gasteiger partial charge < -0.3 is 15.0 Å². The van der Waals surface area contributed by atoms with E-state index in [1.165, 1.54) is 11.5 Å². The molecule has 22 heavy (non-hydrogen) atoms. The van der Waals surface area contributed by atoms with Gasteiger partial charge in [-0.05, 0) is 12.1 Å². The number of rotatable bonds is 3. The summed E-state index contributed by atoms with van der Waals surface area (Å²) in [7, 11) is 1.01. The van der Waals surface area contributed by atoms with Gasteiger partial charge in [-0.1, -0.05) is 18.2 Å². The number of carbonyl (C=O) groups excluding carboxylic acids is 2. The molecule has 0 spiro atoms. The van der Waals surface area contributed by atoms with E-state index in [0.717, 1.165) is 18.7 Å². The number of nitrogens with one attached hydrogen (secondary N) is 2. The van der Waals surface area contributed by atoms with Gasteiger partial charge in [-0.15, -0.1) is 0 Å². The molecule has 5 nitrogen and oxygen atoms in total. The molecule has 0 saturated heterocycles. The highest BCUT2D eigenvalue weighted by atomic mass is 19.4. The third-order valence-corrected chi connectivity index (χ3v) is 2.83. The number of esters is 1. The molecule has 2 rings (SSSR count). The lowest BCUT2D eigenvalue weighted by molar-refractivity contribution is -0.173. The van der Waals surface area contributed by atoms with Crippen LogP contribution in [0.25, 0.3) is 17.0 Å². The first kappa shape index (κ1) is 15.6. The monoisotopic (exact) mass is 312 g/mol. The first-order chi connectivity index (χ1) is 10.3. The molecule has 0 aliphatic heterocycles. The molecular weight excluding hydrogens is 301 g/mol. The van der Waals surface area contributed by atoms with Crippen molar-refractivity contribution >= 4 is 28.9 Å². The van der Waals surface area contributed by atoms with Crippen LogP contribution in [0.4, 0.5) is 13.2 Å². The number of hydrogen-bond acceptors (Lipinski definition) is 3. The summed E-state index contributed by atoms with van der Waals surface area (Å²) in [6, 6.07) is 7.00. The number of methoxy groups -OCH3 is 1. The minimum Gasteiger partial charge on any atom is -0.464 e. The highest BCUT2D eigenvalue weighted by Crippen LogP contribution is 2.21. The Morgan fingerprint density at radius 3 is 2.59 bits per heavy atom. The van der Waals surface area contributed by atoms with Gasteiger partial charge in [0.05, 0.1) is 7.11 Å². The first-order valence-electron chi connectivity index (χ1n) is 6.07. The predicted octanol–water partition coefficient (Wildman–Crippen LogP) is 2.36. The molecule has 0 bridgehead atoms. The van der Waals surface area contributed by atoms with E-state index in [1.807, 2.05) is 0 Å². The number of benzene rings is 1. The van der Waals surface area contributed by atoms with E-state index < -0.39 is 23.7 Å². The molecule has 116 valence electrons. The topological polar surface area (TPSA) is 71.2 Å². The van der Waals surface area contributed by atoms with E-state index in [4.69, 9.17) is 0 Å². The summed E-state index contributed by atoms with van der Waals surface area (Å²) in [4.78, 5) is 25.5. The number of fused-ring (bicyclic) bond motifs is 1. The van der Waals surface area contributed by atoms with Crippen LogP contribution < -0.4 is 5.32 Å². The van der Waals surface area contributed by atoms with Crippen LogP contribution in [0.1, 0.15) is 5.56 Å². The lowest BCUT2D eigenvalue weighted by atomic mass is 10.1. The molecule has 1 aromatic carbocycles. The Bertz CT molecular complexity index is 747. The second-order valence-corrected chi connectivity index (χ2v) is 4.29. The van der Waals surface area contributed by atoms with E-state index >= 15 is 0 Å². The zero-order valence-corrected chi connectivity index (χ0v) is 11.3. The number of H-pyrrole nitrogens is 1. The Balaban J connectivity index is 2.41. The molecule has 0 aliphatic carbocycles. The molecule has 0 saturated carbocycles. The predicted molar refractivity (Wildman–Crippen MR) is 72.5 cm³/mol. The molecule has 1 heterocycles. The van der Waals surface area contributed by atoms with Crippen LogP contribution in [0.3, 0.4) is 0 Å². The van der Waals surface area contributed by atoms with Crippen molar-refractivity contribution in [3.63, 3.8) is 0 Å². The third-order valence-electron chi connectivity index (χ3n) is 2.83. The summed E-state index contributed by atoms with van der Waals surface area (Å²) in [5, 5.41) is 2.20. The molecule has 2 N–H and O–H groups in total. The number of ether oxygens (including phenoxy) is 1. The van der Waals surface area contributed by atoms with Crippen LogP contribution in [0.2, 0.25) is 0 Å². The number of aromatic amines is 1. The number of para-hydroxylation sites is 1. The van der Waals surface area contributed by atoms with Crippen LogP contribution in [0.15, 0.2) is 36.2 Å². The zero-order chi connectivity index (χ0) is 16.3. The zero-order valence-electron chi connectivity index (χ0n) is 11.3. The number of hydrogen-bond donors (Lipinski definition) is 2. The first-order valence-corrected chi connectivity index (χ1v) is 6.07. The fraction of sp³-hybridized carbons (Fsp3) is 0.143. The van der Waals surface area contributed by atoms with Crippen molar-refractivity contribution in [3.8, 4) is 0 Å². The summed E-state index contributed by atoms with van der Waals surface area (Å²) in [6.07, 6.45) is -2.48. The number of carbonyl (C=O) groups is 2. The van der Waals surface area contributed by atoms with Gasteiger partial charge in [0, 0.05) is 22.7 Å². The normalized spacial score (nSPS) is 12.3. The Hall–Kier alpha value is -2.77. The van der Waals surface area contributed by atoms with Crippen LogP contribution in [0, 0.1) is 0 Å². The van der Waals surface area contributed by atoms with Gasteiger partial charge in [-0.25, -0.2) is 4.79 Å². The van der Waals surface area contributed by atoms with E-state index in [-0.39, 0.29) is 0 Å². The van der Waals surface area contributed by atoms with Gasteiger partial charge >= 0.3 is 18.1 Å². The quantitative estimate of drug-likeness (QED) is 0.675. The summed E-state index contributed by atoms with van der Waals surface area (Å²) >= 11 is 0. The van der Waals surface area contributed by atoms with Crippen molar-refractivity contribution in [1.82, 2.24) is 10.3 Å². The Morgan fingerprint density at radius 1 is 1.27 bits per heavy atom. The molecule has 0 atom stereocenters. The molecule has 1 amide bonds. The van der Waals surface area contributed by atoms with Gasteiger partial charge in [0.15, 0.2) is 0 Å². The van der Waals surface area contributed by atoms with Crippen LogP contribution in [0.5, 0.6) is 0 Å². The largest absolute Gasteiger partial charge is 0.471 e. The smallest absolute Gasteiger partial charge is 0.464 e. The summed E-state index contributed by atoms with van der Waals surface area (Å²) in [5.41, 5.74) is 0.577. The van der Waals surface area contributed by atoms with Gasteiger partial charge in [-0.3, -0.25) is 4.79 Å². The number of aromatic nitrogens is 1. The van der Waals surface area contributed by atoms with E-state index in [1.54, 1.807) is 24.3 Å². The van der Waals surface area contributed by atoms with Gasteiger partial charge in [0.2, 0.25) is 0 Å². The molecule has 1 aromatic heterocycles. The molecule has 0 fully saturated rings. The Kier molecular flexibility index (Phi) is 4.20. The molecular formula is C14H11F3N2O3. The second kappa shape index (κ2) is 5.92. The maximum absolute atomic E-state index is 12.3. The average Bonchev–Trinajstić information content (AvgIpc) is 2.88. The molecule has 0 unspecified atom stereocenters. The van der Waals surface area contributed by atoms with Gasteiger partial charge in [0.25, 0.3) is 0 Å². The summed E-state index contributed by atoms with van der Waals surface area (Å²) < 4.78 is 41.3. The molecule has 2 aromatic rings. The summed E-state index contributed by atoms with van der Waals surface area (Å²) in [5.74, 6) is -3.33. The fourth-order valence-corrected chi connectivity index (χ4v) is 1.82. The number of amides is 1. The van der Waals surface area contributed by atoms with Crippen molar-refractivity contribution in [2.45, 2.75) is 6.18 Å². The van der Waals surface area contributed by atoms with Crippen molar-refractivity contribution in [1.29, 1.82) is 0 Å². The van der Waals surface area contributed by atoms with Crippen LogP contribution in [-0.4, -0.2) is 30.1 Å².